The Morgan fingerprint density at radius 2 is 2.05 bits per heavy atom. The van der Waals surface area contributed by atoms with Crippen LogP contribution in [0, 0.1) is 0 Å². The molecule has 1 saturated carbocycles. The molecule has 2 atom stereocenters. The van der Waals surface area contributed by atoms with E-state index in [0.717, 1.165) is 17.0 Å². The summed E-state index contributed by atoms with van der Waals surface area (Å²) >= 11 is 3.47. The highest BCUT2D eigenvalue weighted by Crippen LogP contribution is 2.40. The van der Waals surface area contributed by atoms with Crippen LogP contribution in [0.1, 0.15) is 37.7 Å². The third kappa shape index (κ3) is 5.24. The number of nitrogens with one attached hydrogen (secondary N) is 2. The Morgan fingerprint density at radius 3 is 2.65 bits per heavy atom. The van der Waals surface area contributed by atoms with Gasteiger partial charge in [-0.2, -0.15) is 0 Å². The van der Waals surface area contributed by atoms with Crippen molar-refractivity contribution in [2.24, 2.45) is 4.99 Å². The number of aliphatic imine (C=N–C) groups is 1. The van der Waals surface area contributed by atoms with Crippen LogP contribution in [-0.2, 0) is 0 Å². The third-order valence-corrected chi connectivity index (χ3v) is 3.99. The van der Waals surface area contributed by atoms with Gasteiger partial charge in [0, 0.05) is 30.0 Å². The van der Waals surface area contributed by atoms with Gasteiger partial charge in [-0.1, -0.05) is 41.4 Å². The summed E-state index contributed by atoms with van der Waals surface area (Å²) in [5.74, 6) is 1.55. The molecule has 1 fully saturated rings. The number of guanidine groups is 1. The van der Waals surface area contributed by atoms with Gasteiger partial charge in [0.15, 0.2) is 5.96 Å². The predicted octanol–water partition coefficient (Wildman–Crippen LogP) is 3.89. The maximum Gasteiger partial charge on any atom is 0.191 e. The smallest absolute Gasteiger partial charge is 0.191 e. The molecule has 2 unspecified atom stereocenters. The van der Waals surface area contributed by atoms with E-state index in [1.54, 1.807) is 0 Å². The molecule has 0 bridgehead atoms. The number of nitrogens with zero attached hydrogens (tertiary/aromatic N) is 1. The zero-order valence-corrected chi connectivity index (χ0v) is 15.9. The van der Waals surface area contributed by atoms with Gasteiger partial charge in [-0.3, -0.25) is 4.99 Å². The molecule has 0 spiro atoms. The molecule has 2 rings (SSSR count). The first-order chi connectivity index (χ1) is 9.24. The van der Waals surface area contributed by atoms with Gasteiger partial charge in [-0.05, 0) is 30.5 Å². The maximum atomic E-state index is 4.27. The minimum absolute atomic E-state index is 0. The monoisotopic (exact) mass is 451 g/mol. The average molecular weight is 452 g/mol. The first-order valence-corrected chi connectivity index (χ1v) is 7.76. The van der Waals surface area contributed by atoms with Crippen LogP contribution < -0.4 is 10.6 Å². The van der Waals surface area contributed by atoms with E-state index in [1.165, 1.54) is 24.8 Å². The Hall–Kier alpha value is -0.300. The minimum atomic E-state index is 0. The van der Waals surface area contributed by atoms with Gasteiger partial charge in [-0.25, -0.2) is 0 Å². The Balaban J connectivity index is 0.00000200. The lowest BCUT2D eigenvalue weighted by molar-refractivity contribution is 0.724. The molecule has 0 aliphatic heterocycles. The lowest BCUT2D eigenvalue weighted by Gasteiger charge is -2.11. The van der Waals surface area contributed by atoms with E-state index in [-0.39, 0.29) is 24.0 Å². The Morgan fingerprint density at radius 1 is 1.35 bits per heavy atom. The first-order valence-electron chi connectivity index (χ1n) is 6.97. The van der Waals surface area contributed by atoms with Crippen LogP contribution in [0.2, 0.25) is 0 Å². The summed E-state index contributed by atoms with van der Waals surface area (Å²) in [6.07, 6.45) is 3.58. The topological polar surface area (TPSA) is 36.4 Å². The number of unbranched alkanes of at least 4 members (excludes halogenated alkanes) is 1. The van der Waals surface area contributed by atoms with Crippen molar-refractivity contribution >= 4 is 45.9 Å². The third-order valence-electron chi connectivity index (χ3n) is 3.46. The SMILES string of the molecule is CCCCNC(=NC)NC1CC1c1ccc(Br)cc1.I. The Labute approximate surface area is 147 Å². The molecule has 1 aromatic carbocycles. The van der Waals surface area contributed by atoms with Gasteiger partial charge in [0.1, 0.15) is 0 Å². The molecule has 5 heteroatoms. The summed E-state index contributed by atoms with van der Waals surface area (Å²) in [4.78, 5) is 4.27. The van der Waals surface area contributed by atoms with E-state index in [0.29, 0.717) is 12.0 Å². The molecule has 0 aromatic heterocycles. The van der Waals surface area contributed by atoms with E-state index < -0.39 is 0 Å². The molecule has 3 nitrogen and oxygen atoms in total. The fourth-order valence-corrected chi connectivity index (χ4v) is 2.45. The van der Waals surface area contributed by atoms with Crippen LogP contribution in [0.5, 0.6) is 0 Å². The fourth-order valence-electron chi connectivity index (χ4n) is 2.19. The summed E-state index contributed by atoms with van der Waals surface area (Å²) in [6, 6.07) is 9.14. The van der Waals surface area contributed by atoms with Crippen molar-refractivity contribution in [1.82, 2.24) is 10.6 Å². The molecule has 0 heterocycles. The molecular weight excluding hydrogens is 429 g/mol. The Bertz CT molecular complexity index is 433. The van der Waals surface area contributed by atoms with E-state index in [9.17, 15) is 0 Å². The summed E-state index contributed by atoms with van der Waals surface area (Å²) in [6.45, 7) is 3.19. The van der Waals surface area contributed by atoms with Crippen LogP contribution >= 0.6 is 39.9 Å². The molecule has 1 aliphatic carbocycles. The van der Waals surface area contributed by atoms with Crippen molar-refractivity contribution in [2.45, 2.75) is 38.1 Å². The zero-order valence-electron chi connectivity index (χ0n) is 12.0. The maximum absolute atomic E-state index is 4.27. The summed E-state index contributed by atoms with van der Waals surface area (Å²) < 4.78 is 1.14. The zero-order chi connectivity index (χ0) is 13.7. The highest BCUT2D eigenvalue weighted by molar-refractivity contribution is 14.0. The quantitative estimate of drug-likeness (QED) is 0.308. The molecule has 20 heavy (non-hydrogen) atoms. The van der Waals surface area contributed by atoms with Crippen molar-refractivity contribution in [1.29, 1.82) is 0 Å². The molecule has 112 valence electrons. The second kappa shape index (κ2) is 8.87. The van der Waals surface area contributed by atoms with E-state index in [4.69, 9.17) is 0 Å². The number of rotatable bonds is 5. The van der Waals surface area contributed by atoms with E-state index in [2.05, 4.69) is 62.7 Å². The number of benzene rings is 1. The average Bonchev–Trinajstić information content (AvgIpc) is 3.18. The summed E-state index contributed by atoms with van der Waals surface area (Å²) in [7, 11) is 1.83. The van der Waals surface area contributed by atoms with Gasteiger partial charge < -0.3 is 10.6 Å². The van der Waals surface area contributed by atoms with Gasteiger partial charge in [0.2, 0.25) is 0 Å². The number of hydrogen-bond donors (Lipinski definition) is 2. The summed E-state index contributed by atoms with van der Waals surface area (Å²) in [5.41, 5.74) is 1.41. The molecule has 1 aliphatic rings. The van der Waals surface area contributed by atoms with Crippen LogP contribution in [0.4, 0.5) is 0 Å². The van der Waals surface area contributed by atoms with Gasteiger partial charge >= 0.3 is 0 Å². The normalized spacial score (nSPS) is 21.1. The van der Waals surface area contributed by atoms with Crippen LogP contribution in [0.15, 0.2) is 33.7 Å². The molecule has 0 saturated heterocycles. The number of halogens is 2. The largest absolute Gasteiger partial charge is 0.356 e. The van der Waals surface area contributed by atoms with Crippen molar-refractivity contribution in [2.75, 3.05) is 13.6 Å². The predicted molar refractivity (Wildman–Crippen MR) is 100 cm³/mol. The molecular formula is C15H23BrIN3. The van der Waals surface area contributed by atoms with Gasteiger partial charge in [0.25, 0.3) is 0 Å². The van der Waals surface area contributed by atoms with Crippen molar-refractivity contribution < 1.29 is 0 Å². The van der Waals surface area contributed by atoms with Crippen molar-refractivity contribution in [3.05, 3.63) is 34.3 Å². The fraction of sp³-hybridized carbons (Fsp3) is 0.533. The second-order valence-electron chi connectivity index (χ2n) is 5.00. The summed E-state index contributed by atoms with van der Waals surface area (Å²) in [5, 5.41) is 6.84. The lowest BCUT2D eigenvalue weighted by atomic mass is 10.1. The van der Waals surface area contributed by atoms with E-state index in [1.807, 2.05) is 7.05 Å². The number of hydrogen-bond acceptors (Lipinski definition) is 1. The highest BCUT2D eigenvalue weighted by atomic mass is 127. The molecule has 2 N–H and O–H groups in total. The van der Waals surface area contributed by atoms with Crippen LogP contribution in [-0.4, -0.2) is 25.6 Å². The van der Waals surface area contributed by atoms with Crippen LogP contribution in [0.3, 0.4) is 0 Å². The molecule has 0 amide bonds. The van der Waals surface area contributed by atoms with Gasteiger partial charge in [0.05, 0.1) is 0 Å². The minimum Gasteiger partial charge on any atom is -0.356 e. The van der Waals surface area contributed by atoms with Crippen molar-refractivity contribution in [3.63, 3.8) is 0 Å². The highest BCUT2D eigenvalue weighted by Gasteiger charge is 2.38. The van der Waals surface area contributed by atoms with Gasteiger partial charge in [-0.15, -0.1) is 24.0 Å². The Kier molecular flexibility index (Phi) is 7.87. The first kappa shape index (κ1) is 17.8. The van der Waals surface area contributed by atoms with E-state index >= 15 is 0 Å². The molecule has 1 aromatic rings. The standard InChI is InChI=1S/C15H22BrN3.HI/c1-3-4-9-18-15(17-2)19-14-10-13(14)11-5-7-12(16)8-6-11;/h5-8,13-14H,3-4,9-10H2,1-2H3,(H2,17,18,19);1H. The lowest BCUT2D eigenvalue weighted by Crippen LogP contribution is -2.39. The second-order valence-corrected chi connectivity index (χ2v) is 5.91. The van der Waals surface area contributed by atoms with Crippen molar-refractivity contribution in [3.8, 4) is 0 Å². The van der Waals surface area contributed by atoms with Crippen LogP contribution in [0.25, 0.3) is 0 Å². The molecule has 0 radical (unpaired) electrons.